The van der Waals surface area contributed by atoms with Crippen LogP contribution in [0.3, 0.4) is 0 Å². The van der Waals surface area contributed by atoms with E-state index >= 15 is 0 Å². The molecule has 0 radical (unpaired) electrons. The number of hydrogen-bond acceptors (Lipinski definition) is 3. The lowest BCUT2D eigenvalue weighted by Gasteiger charge is -2.53. The molecule has 5 unspecified atom stereocenters. The molecule has 2 saturated carbocycles. The lowest BCUT2D eigenvalue weighted by Crippen LogP contribution is -2.67. The van der Waals surface area contributed by atoms with E-state index in [0.29, 0.717) is 24.4 Å². The smallest absolute Gasteiger partial charge is 0.227 e. The summed E-state index contributed by atoms with van der Waals surface area (Å²) in [5.41, 5.74) is 0. The van der Waals surface area contributed by atoms with Crippen molar-refractivity contribution < 1.29 is 9.59 Å². The largest absolute Gasteiger partial charge is 0.335 e. The molecule has 2 saturated heterocycles. The molecule has 2 amide bonds. The fourth-order valence-corrected chi connectivity index (χ4v) is 6.34. The van der Waals surface area contributed by atoms with Gasteiger partial charge in [0.05, 0.1) is 18.0 Å². The molecule has 5 nitrogen and oxygen atoms in total. The summed E-state index contributed by atoms with van der Waals surface area (Å²) in [6.07, 6.45) is 10.7. The monoisotopic (exact) mass is 361 g/mol. The maximum absolute atomic E-state index is 13.5. The van der Waals surface area contributed by atoms with Crippen LogP contribution in [0.4, 0.5) is 0 Å². The first-order valence-corrected chi connectivity index (χ1v) is 10.9. The number of piperidine rings is 1. The third-order valence-corrected chi connectivity index (χ3v) is 7.51. The summed E-state index contributed by atoms with van der Waals surface area (Å²) in [7, 11) is 0. The zero-order chi connectivity index (χ0) is 18.3. The van der Waals surface area contributed by atoms with E-state index in [0.717, 1.165) is 25.8 Å². The highest BCUT2D eigenvalue weighted by Gasteiger charge is 2.46. The second-order valence-electron chi connectivity index (χ2n) is 9.18. The summed E-state index contributed by atoms with van der Waals surface area (Å²) in [5.74, 6) is 1.34. The van der Waals surface area contributed by atoms with Gasteiger partial charge in [-0.1, -0.05) is 25.7 Å². The van der Waals surface area contributed by atoms with Gasteiger partial charge in [0, 0.05) is 32.1 Å². The highest BCUT2D eigenvalue weighted by Crippen LogP contribution is 2.37. The maximum atomic E-state index is 13.5. The quantitative estimate of drug-likeness (QED) is 0.781. The number of hydrogen-bond donors (Lipinski definition) is 1. The molecule has 0 spiro atoms. The van der Waals surface area contributed by atoms with Gasteiger partial charge in [-0.25, -0.2) is 0 Å². The van der Waals surface area contributed by atoms with E-state index in [9.17, 15) is 9.59 Å². The molecule has 2 aliphatic carbocycles. The molecule has 4 rings (SSSR count). The van der Waals surface area contributed by atoms with Crippen molar-refractivity contribution in [2.45, 2.75) is 95.8 Å². The van der Waals surface area contributed by atoms with E-state index in [1.54, 1.807) is 6.92 Å². The molecule has 1 N–H and O–H groups in total. The SMILES string of the molecule is CC(=O)N1C2CCCCC2N(C(=O)C2CNC3CCCCC3C2)C[C@@H]1C. The number of carbonyl (C=O) groups is 2. The predicted octanol–water partition coefficient (Wildman–Crippen LogP) is 2.55. The van der Waals surface area contributed by atoms with E-state index in [-0.39, 0.29) is 30.0 Å². The van der Waals surface area contributed by atoms with Gasteiger partial charge in [-0.05, 0) is 44.9 Å². The summed E-state index contributed by atoms with van der Waals surface area (Å²) in [6, 6.07) is 1.24. The summed E-state index contributed by atoms with van der Waals surface area (Å²) in [4.78, 5) is 30.0. The molecule has 0 bridgehead atoms. The average molecular weight is 362 g/mol. The first-order valence-electron chi connectivity index (χ1n) is 10.9. The minimum atomic E-state index is 0.132. The molecule has 0 aromatic rings. The zero-order valence-corrected chi connectivity index (χ0v) is 16.5. The van der Waals surface area contributed by atoms with Crippen LogP contribution in [0.2, 0.25) is 0 Å². The summed E-state index contributed by atoms with van der Waals surface area (Å²) in [6.45, 7) is 5.36. The van der Waals surface area contributed by atoms with Crippen LogP contribution in [0.1, 0.15) is 71.6 Å². The lowest BCUT2D eigenvalue weighted by atomic mass is 9.75. The molecule has 6 atom stereocenters. The van der Waals surface area contributed by atoms with E-state index in [1.165, 1.54) is 38.5 Å². The third kappa shape index (κ3) is 3.28. The van der Waals surface area contributed by atoms with Crippen LogP contribution < -0.4 is 5.32 Å². The Balaban J connectivity index is 1.49. The fourth-order valence-electron chi connectivity index (χ4n) is 6.34. The van der Waals surface area contributed by atoms with Crippen LogP contribution in [0.15, 0.2) is 0 Å². The molecule has 4 aliphatic rings. The van der Waals surface area contributed by atoms with Gasteiger partial charge < -0.3 is 15.1 Å². The van der Waals surface area contributed by atoms with Gasteiger partial charge in [0.25, 0.3) is 0 Å². The Morgan fingerprint density at radius 2 is 1.65 bits per heavy atom. The standard InChI is InChI=1S/C21H35N3O2/c1-14-13-23(19-9-5-6-10-20(19)24(14)15(2)25)21(26)17-11-16-7-3-4-8-18(16)22-12-17/h14,16-20,22H,3-13H2,1-2H3/t14-,16?,17?,18?,19?,20?/m0/s1. The van der Waals surface area contributed by atoms with Crippen LogP contribution in [-0.4, -0.2) is 58.9 Å². The minimum absolute atomic E-state index is 0.132. The number of nitrogens with one attached hydrogen (secondary N) is 1. The molecular formula is C21H35N3O2. The molecule has 4 fully saturated rings. The van der Waals surface area contributed by atoms with Crippen molar-refractivity contribution in [3.8, 4) is 0 Å². The molecule has 2 heterocycles. The molecule has 26 heavy (non-hydrogen) atoms. The van der Waals surface area contributed by atoms with Crippen molar-refractivity contribution in [1.29, 1.82) is 0 Å². The second-order valence-corrected chi connectivity index (χ2v) is 9.18. The summed E-state index contributed by atoms with van der Waals surface area (Å²) < 4.78 is 0. The van der Waals surface area contributed by atoms with Gasteiger partial charge in [0.15, 0.2) is 0 Å². The molecular weight excluding hydrogens is 326 g/mol. The van der Waals surface area contributed by atoms with Crippen molar-refractivity contribution in [1.82, 2.24) is 15.1 Å². The van der Waals surface area contributed by atoms with E-state index in [4.69, 9.17) is 0 Å². The van der Waals surface area contributed by atoms with Gasteiger partial charge in [-0.2, -0.15) is 0 Å². The van der Waals surface area contributed by atoms with Crippen molar-refractivity contribution in [3.63, 3.8) is 0 Å². The van der Waals surface area contributed by atoms with Crippen LogP contribution in [0, 0.1) is 11.8 Å². The fraction of sp³-hybridized carbons (Fsp3) is 0.905. The van der Waals surface area contributed by atoms with Crippen molar-refractivity contribution in [2.75, 3.05) is 13.1 Å². The summed E-state index contributed by atoms with van der Waals surface area (Å²) in [5, 5.41) is 3.69. The Morgan fingerprint density at radius 3 is 2.42 bits per heavy atom. The van der Waals surface area contributed by atoms with Crippen molar-refractivity contribution in [2.24, 2.45) is 11.8 Å². The lowest BCUT2D eigenvalue weighted by molar-refractivity contribution is -0.156. The molecule has 146 valence electrons. The first kappa shape index (κ1) is 18.3. The highest BCUT2D eigenvalue weighted by atomic mass is 16.2. The Kier molecular flexibility index (Phi) is 5.27. The number of piperazine rings is 1. The number of amides is 2. The van der Waals surface area contributed by atoms with Crippen LogP contribution >= 0.6 is 0 Å². The van der Waals surface area contributed by atoms with Gasteiger partial charge in [-0.3, -0.25) is 9.59 Å². The van der Waals surface area contributed by atoms with Crippen molar-refractivity contribution >= 4 is 11.8 Å². The number of rotatable bonds is 1. The molecule has 0 aromatic carbocycles. The van der Waals surface area contributed by atoms with Gasteiger partial charge >= 0.3 is 0 Å². The topological polar surface area (TPSA) is 52.7 Å². The number of fused-ring (bicyclic) bond motifs is 2. The minimum Gasteiger partial charge on any atom is -0.335 e. The Hall–Kier alpha value is -1.10. The van der Waals surface area contributed by atoms with Crippen molar-refractivity contribution in [3.05, 3.63) is 0 Å². The Labute approximate surface area is 157 Å². The van der Waals surface area contributed by atoms with Gasteiger partial charge in [-0.15, -0.1) is 0 Å². The predicted molar refractivity (Wildman–Crippen MR) is 102 cm³/mol. The Morgan fingerprint density at radius 1 is 0.962 bits per heavy atom. The average Bonchev–Trinajstić information content (AvgIpc) is 2.66. The number of carbonyl (C=O) groups excluding carboxylic acids is 2. The van der Waals surface area contributed by atoms with Crippen LogP contribution in [0.5, 0.6) is 0 Å². The summed E-state index contributed by atoms with van der Waals surface area (Å²) >= 11 is 0. The van der Waals surface area contributed by atoms with Gasteiger partial charge in [0.1, 0.15) is 0 Å². The van der Waals surface area contributed by atoms with E-state index < -0.39 is 0 Å². The van der Waals surface area contributed by atoms with Gasteiger partial charge in [0.2, 0.25) is 11.8 Å². The third-order valence-electron chi connectivity index (χ3n) is 7.51. The zero-order valence-electron chi connectivity index (χ0n) is 16.5. The normalized spacial score (nSPS) is 40.5. The van der Waals surface area contributed by atoms with E-state index in [1.807, 2.05) is 0 Å². The maximum Gasteiger partial charge on any atom is 0.227 e. The number of nitrogens with zero attached hydrogens (tertiary/aromatic N) is 2. The molecule has 2 aliphatic heterocycles. The highest BCUT2D eigenvalue weighted by molar-refractivity contribution is 5.81. The first-order chi connectivity index (χ1) is 12.6. The van der Waals surface area contributed by atoms with Crippen LogP contribution in [0.25, 0.3) is 0 Å². The van der Waals surface area contributed by atoms with Crippen LogP contribution in [-0.2, 0) is 9.59 Å². The molecule has 0 aromatic heterocycles. The second kappa shape index (κ2) is 7.49. The molecule has 5 heteroatoms. The van der Waals surface area contributed by atoms with E-state index in [2.05, 4.69) is 22.0 Å². The Bertz CT molecular complexity index is 551.